The number of rotatable bonds is 8. The predicted octanol–water partition coefficient (Wildman–Crippen LogP) is 3.96. The van der Waals surface area contributed by atoms with Gasteiger partial charge in [0.25, 0.3) is 5.91 Å². The van der Waals surface area contributed by atoms with Gasteiger partial charge in [0.05, 0.1) is 37.3 Å². The van der Waals surface area contributed by atoms with Crippen LogP contribution in [0.2, 0.25) is 0 Å². The summed E-state index contributed by atoms with van der Waals surface area (Å²) in [4.78, 5) is 61.1. The van der Waals surface area contributed by atoms with Gasteiger partial charge in [-0.15, -0.1) is 0 Å². The molecule has 9 atom stereocenters. The zero-order valence-corrected chi connectivity index (χ0v) is 30.0. The van der Waals surface area contributed by atoms with Gasteiger partial charge in [-0.2, -0.15) is 0 Å². The third kappa shape index (κ3) is 6.63. The minimum atomic E-state index is -1.47. The maximum atomic E-state index is 15.3. The Morgan fingerprint density at radius 2 is 1.82 bits per heavy atom. The van der Waals surface area contributed by atoms with Crippen molar-refractivity contribution < 1.29 is 38.5 Å². The molecule has 2 saturated heterocycles. The highest BCUT2D eigenvalue weighted by atomic mass is 16.6. The Labute approximate surface area is 299 Å². The molecule has 2 aromatic carbocycles. The summed E-state index contributed by atoms with van der Waals surface area (Å²) in [7, 11) is 1.51. The molecule has 0 radical (unpaired) electrons. The number of hydrogen-bond acceptors (Lipinski definition) is 8. The zero-order valence-electron chi connectivity index (χ0n) is 30.0. The summed E-state index contributed by atoms with van der Waals surface area (Å²) in [6.45, 7) is 7.66. The highest BCUT2D eigenvalue weighted by Crippen LogP contribution is 2.57. The number of ether oxygens (including phenoxy) is 3. The number of methoxy groups -OCH3 is 1. The Morgan fingerprint density at radius 3 is 2.53 bits per heavy atom. The van der Waals surface area contributed by atoms with Crippen LogP contribution in [0.25, 0.3) is 0 Å². The Balaban J connectivity index is 1.51. The van der Waals surface area contributed by atoms with Crippen molar-refractivity contribution in [1.82, 2.24) is 10.2 Å². The molecule has 0 saturated carbocycles. The number of amides is 3. The minimum absolute atomic E-state index is 0.0630. The van der Waals surface area contributed by atoms with E-state index in [-0.39, 0.29) is 43.9 Å². The Hall–Kier alpha value is -4.32. The second-order valence-electron chi connectivity index (χ2n) is 14.2. The summed E-state index contributed by atoms with van der Waals surface area (Å²) >= 11 is 0. The van der Waals surface area contributed by atoms with E-state index in [1.165, 1.54) is 12.0 Å². The van der Waals surface area contributed by atoms with Gasteiger partial charge >= 0.3 is 5.97 Å². The van der Waals surface area contributed by atoms with E-state index in [1.54, 1.807) is 17.1 Å². The van der Waals surface area contributed by atoms with Gasteiger partial charge in [0, 0.05) is 25.8 Å². The average Bonchev–Trinajstić information content (AvgIpc) is 3.77. The minimum Gasteiger partial charge on any atom is -0.455 e. The first kappa shape index (κ1) is 36.5. The van der Waals surface area contributed by atoms with Crippen LogP contribution >= 0.6 is 0 Å². The monoisotopic (exact) mass is 699 g/mol. The number of nitrogens with one attached hydrogen (secondary N) is 1. The van der Waals surface area contributed by atoms with Crippen LogP contribution in [0, 0.1) is 31.6 Å². The van der Waals surface area contributed by atoms with Crippen LogP contribution in [-0.2, 0) is 33.4 Å². The SMILES string of the molecule is CC[C@H](C)[C@H](CO)N1C(=O)[C@@H]2[C@H]3C(=O)O[C@@H](c4ccccc4)[C@H](COC)NC(=O)CC/C=C\CN(c4cc(C)ccc4C)C(=O)[C@@H]1[C@]21C=C[C@H]3O1. The number of esters is 1. The number of aryl methyl sites for hydroxylation is 2. The second-order valence-corrected chi connectivity index (χ2v) is 14.2. The van der Waals surface area contributed by atoms with Gasteiger partial charge in [-0.05, 0) is 48.9 Å². The van der Waals surface area contributed by atoms with Crippen LogP contribution in [0.5, 0.6) is 0 Å². The lowest BCUT2D eigenvalue weighted by Gasteiger charge is -2.40. The lowest BCUT2D eigenvalue weighted by Crippen LogP contribution is -2.59. The van der Waals surface area contributed by atoms with E-state index in [0.717, 1.165) is 11.1 Å². The van der Waals surface area contributed by atoms with Crippen LogP contribution in [0.1, 0.15) is 55.9 Å². The number of aliphatic hydroxyl groups is 1. The third-order valence-electron chi connectivity index (χ3n) is 11.0. The number of likely N-dealkylation sites (tertiary alicyclic amines) is 1. The molecule has 272 valence electrons. The maximum absolute atomic E-state index is 15.3. The van der Waals surface area contributed by atoms with Crippen LogP contribution in [0.15, 0.2) is 72.8 Å². The van der Waals surface area contributed by atoms with E-state index in [2.05, 4.69) is 5.32 Å². The van der Waals surface area contributed by atoms with Crippen molar-refractivity contribution in [3.8, 4) is 0 Å². The zero-order chi connectivity index (χ0) is 36.4. The van der Waals surface area contributed by atoms with E-state index in [9.17, 15) is 19.5 Å². The third-order valence-corrected chi connectivity index (χ3v) is 11.0. The summed E-state index contributed by atoms with van der Waals surface area (Å²) in [5, 5.41) is 13.8. The smallest absolute Gasteiger partial charge is 0.313 e. The fourth-order valence-corrected chi connectivity index (χ4v) is 8.20. The van der Waals surface area contributed by atoms with E-state index in [4.69, 9.17) is 14.2 Å². The number of carbonyl (C=O) groups is 4. The largest absolute Gasteiger partial charge is 0.455 e. The summed E-state index contributed by atoms with van der Waals surface area (Å²) in [5.41, 5.74) is 1.67. The molecular weight excluding hydrogens is 650 g/mol. The van der Waals surface area contributed by atoms with Crippen LogP contribution in [0.4, 0.5) is 5.69 Å². The van der Waals surface area contributed by atoms with Crippen LogP contribution in [0.3, 0.4) is 0 Å². The maximum Gasteiger partial charge on any atom is 0.313 e. The van der Waals surface area contributed by atoms with Gasteiger partial charge in [-0.1, -0.05) is 87.0 Å². The van der Waals surface area contributed by atoms with Gasteiger partial charge in [0.1, 0.15) is 23.7 Å². The molecule has 51 heavy (non-hydrogen) atoms. The van der Waals surface area contributed by atoms with Gasteiger partial charge in [0.15, 0.2) is 0 Å². The average molecular weight is 700 g/mol. The lowest BCUT2D eigenvalue weighted by molar-refractivity contribution is -0.162. The first-order valence-electron chi connectivity index (χ1n) is 17.9. The van der Waals surface area contributed by atoms with Crippen molar-refractivity contribution in [2.24, 2.45) is 17.8 Å². The van der Waals surface area contributed by atoms with Crippen molar-refractivity contribution in [2.45, 2.75) is 82.9 Å². The first-order chi connectivity index (χ1) is 24.6. The number of anilines is 1. The lowest BCUT2D eigenvalue weighted by atomic mass is 9.74. The van der Waals surface area contributed by atoms with Crippen LogP contribution < -0.4 is 10.2 Å². The normalized spacial score (nSPS) is 31.3. The Morgan fingerprint density at radius 1 is 1.06 bits per heavy atom. The topological polar surface area (TPSA) is 135 Å². The van der Waals surface area contributed by atoms with Crippen molar-refractivity contribution in [3.63, 3.8) is 0 Å². The molecule has 11 heteroatoms. The number of carbonyl (C=O) groups excluding carboxylic acids is 4. The summed E-state index contributed by atoms with van der Waals surface area (Å²) in [5.74, 6) is -4.06. The van der Waals surface area contributed by atoms with Gasteiger partial charge < -0.3 is 34.4 Å². The molecule has 0 aliphatic carbocycles. The van der Waals surface area contributed by atoms with Gasteiger partial charge in [-0.3, -0.25) is 19.2 Å². The fraction of sp³-hybridized carbons (Fsp3) is 0.500. The summed E-state index contributed by atoms with van der Waals surface area (Å²) in [6.07, 6.45) is 6.68. The van der Waals surface area contributed by atoms with Crippen molar-refractivity contribution >= 4 is 29.4 Å². The van der Waals surface area contributed by atoms with Crippen molar-refractivity contribution in [2.75, 3.05) is 31.8 Å². The number of benzene rings is 2. The highest BCUT2D eigenvalue weighted by Gasteiger charge is 2.74. The molecule has 1 spiro atoms. The van der Waals surface area contributed by atoms with Crippen molar-refractivity contribution in [1.29, 1.82) is 0 Å². The molecule has 0 aromatic heterocycles. The molecule has 11 nitrogen and oxygen atoms in total. The molecule has 2 N–H and O–H groups in total. The van der Waals surface area contributed by atoms with Gasteiger partial charge in [-0.25, -0.2) is 0 Å². The van der Waals surface area contributed by atoms with Crippen LogP contribution in [-0.4, -0.2) is 90.4 Å². The number of aliphatic hydroxyl groups excluding tert-OH is 1. The first-order valence-corrected chi connectivity index (χ1v) is 17.9. The molecule has 5 bridgehead atoms. The van der Waals surface area contributed by atoms with Crippen molar-refractivity contribution in [3.05, 3.63) is 89.5 Å². The molecular formula is C40H49N3O8. The number of allylic oxidation sites excluding steroid dienone is 1. The standard InChI is InChI=1S/C40H49N3O8/c1-6-25(3)30(22-44)43-36-38(47)42(29-21-24(2)16-17-26(29)4)20-12-8-11-15-32(45)41-28(23-49-5)35(27-13-9-7-10-14-27)50-39(48)33-31-18-19-40(36,51-31)34(33)37(43)46/h7-10,12-14,16-19,21,25,28,30-31,33-36,44H,6,11,15,20,22-23H2,1-5H3,(H,41,45)/b12-8-/t25-,28-,30-,31+,33-,34-,35-,36+,40-/m0/s1. The van der Waals surface area contributed by atoms with E-state index >= 15 is 4.79 Å². The molecule has 3 amide bonds. The molecule has 4 aliphatic rings. The van der Waals surface area contributed by atoms with E-state index in [1.807, 2.05) is 88.4 Å². The summed E-state index contributed by atoms with van der Waals surface area (Å²) < 4.78 is 18.5. The van der Waals surface area contributed by atoms with E-state index in [0.29, 0.717) is 24.1 Å². The molecule has 4 heterocycles. The molecule has 2 aromatic rings. The summed E-state index contributed by atoms with van der Waals surface area (Å²) in [6, 6.07) is 12.4. The predicted molar refractivity (Wildman–Crippen MR) is 190 cm³/mol. The van der Waals surface area contributed by atoms with Gasteiger partial charge in [0.2, 0.25) is 11.8 Å². The second kappa shape index (κ2) is 15.1. The number of fused-ring (bicyclic) bond motifs is 2. The number of hydrogen-bond donors (Lipinski definition) is 2. The number of nitrogens with zero attached hydrogens (tertiary/aromatic N) is 2. The Kier molecular flexibility index (Phi) is 10.8. The quantitative estimate of drug-likeness (QED) is 0.313. The van der Waals surface area contributed by atoms with E-state index < -0.39 is 59.6 Å². The molecule has 0 unspecified atom stereocenters. The molecule has 4 aliphatic heterocycles. The molecule has 2 fully saturated rings. The highest BCUT2D eigenvalue weighted by molar-refractivity contribution is 6.06. The fourth-order valence-electron chi connectivity index (χ4n) is 8.20. The number of cyclic esters (lactones) is 1. The Bertz CT molecular complexity index is 1690. The molecule has 6 rings (SSSR count).